The van der Waals surface area contributed by atoms with Gasteiger partial charge in [0.15, 0.2) is 0 Å². The normalized spacial score (nSPS) is 11.7. The number of fused-ring (bicyclic) bond motifs is 1. The topological polar surface area (TPSA) is 51.9 Å². The highest BCUT2D eigenvalue weighted by atomic mass is 16.1. The lowest BCUT2D eigenvalue weighted by Gasteiger charge is -2.20. The van der Waals surface area contributed by atoms with Crippen LogP contribution in [-0.4, -0.2) is 22.2 Å². The highest BCUT2D eigenvalue weighted by Gasteiger charge is 2.13. The van der Waals surface area contributed by atoms with Crippen LogP contribution < -0.4 is 10.9 Å². The van der Waals surface area contributed by atoms with Gasteiger partial charge in [-0.2, -0.15) is 5.10 Å². The molecule has 1 aromatic carbocycles. The van der Waals surface area contributed by atoms with Gasteiger partial charge in [0, 0.05) is 30.2 Å². The Balaban J connectivity index is 2.14. The van der Waals surface area contributed by atoms with Gasteiger partial charge in [0.2, 0.25) is 13.5 Å². The molecule has 0 fully saturated rings. The predicted molar refractivity (Wildman–Crippen MR) is 108 cm³/mol. The van der Waals surface area contributed by atoms with Gasteiger partial charge in [-0.25, -0.2) is 0 Å². The molecule has 0 saturated heterocycles. The summed E-state index contributed by atoms with van der Waals surface area (Å²) >= 11 is 0. The maximum Gasteiger partial charge on any atom is 0.247 e. The number of pyridine rings is 1. The first-order chi connectivity index (χ1) is 12.4. The van der Waals surface area contributed by atoms with Crippen molar-refractivity contribution in [3.8, 4) is 11.8 Å². The van der Waals surface area contributed by atoms with Crippen molar-refractivity contribution in [2.75, 3.05) is 0 Å². The van der Waals surface area contributed by atoms with Crippen molar-refractivity contribution in [3.05, 3.63) is 76.1 Å². The second-order valence-corrected chi connectivity index (χ2v) is 6.50. The van der Waals surface area contributed by atoms with E-state index in [1.807, 2.05) is 51.4 Å². The number of aryl methyl sites for hydroxylation is 1. The monoisotopic (exact) mass is 344 g/mol. The van der Waals surface area contributed by atoms with Crippen molar-refractivity contribution >= 4 is 18.8 Å². The van der Waals surface area contributed by atoms with Crippen LogP contribution in [0.5, 0.6) is 0 Å². The molecule has 2 heterocycles. The quantitative estimate of drug-likeness (QED) is 0.581. The van der Waals surface area contributed by atoms with E-state index < -0.39 is 0 Å². The third-order valence-electron chi connectivity index (χ3n) is 4.26. The zero-order chi connectivity index (χ0) is 18.8. The SMILES string of the molecule is Bn1c([C@H](C)NC(=C)C)cc2cccc(C#Cc3cnn(C)c3)c2c1=O. The van der Waals surface area contributed by atoms with Crippen LogP contribution in [0.25, 0.3) is 10.8 Å². The van der Waals surface area contributed by atoms with Crippen LogP contribution >= 0.6 is 0 Å². The van der Waals surface area contributed by atoms with Gasteiger partial charge < -0.3 is 9.79 Å². The van der Waals surface area contributed by atoms with E-state index in [0.29, 0.717) is 5.39 Å². The first-order valence-corrected chi connectivity index (χ1v) is 8.42. The summed E-state index contributed by atoms with van der Waals surface area (Å²) in [6.45, 7) is 7.80. The number of hydrogen-bond donors (Lipinski definition) is 1. The van der Waals surface area contributed by atoms with Gasteiger partial charge in [0.05, 0.1) is 23.2 Å². The molecule has 26 heavy (non-hydrogen) atoms. The molecule has 5 nitrogen and oxygen atoms in total. The molecule has 0 spiro atoms. The Morgan fingerprint density at radius 2 is 2.15 bits per heavy atom. The average Bonchev–Trinajstić information content (AvgIpc) is 3.00. The zero-order valence-electron chi connectivity index (χ0n) is 15.5. The van der Waals surface area contributed by atoms with E-state index >= 15 is 0 Å². The van der Waals surface area contributed by atoms with Gasteiger partial charge >= 0.3 is 0 Å². The fourth-order valence-electron chi connectivity index (χ4n) is 3.06. The molecular weight excluding hydrogens is 323 g/mol. The van der Waals surface area contributed by atoms with E-state index in [0.717, 1.165) is 27.9 Å². The average molecular weight is 344 g/mol. The van der Waals surface area contributed by atoms with Crippen LogP contribution in [0.3, 0.4) is 0 Å². The second kappa shape index (κ2) is 6.97. The van der Waals surface area contributed by atoms with E-state index in [4.69, 9.17) is 0 Å². The molecule has 0 aliphatic carbocycles. The molecule has 3 rings (SSSR count). The number of benzene rings is 1. The van der Waals surface area contributed by atoms with Crippen LogP contribution in [0.4, 0.5) is 0 Å². The zero-order valence-corrected chi connectivity index (χ0v) is 15.5. The summed E-state index contributed by atoms with van der Waals surface area (Å²) in [5, 5.41) is 8.90. The number of nitrogens with one attached hydrogen (secondary N) is 1. The first kappa shape index (κ1) is 17.6. The lowest BCUT2D eigenvalue weighted by atomic mass is 10.0. The van der Waals surface area contributed by atoms with Crippen LogP contribution in [0, 0.1) is 11.8 Å². The Hall–Kier alpha value is -3.20. The molecule has 0 aliphatic heterocycles. The highest BCUT2D eigenvalue weighted by molar-refractivity contribution is 6.08. The van der Waals surface area contributed by atoms with Gasteiger partial charge in [-0.1, -0.05) is 30.6 Å². The Morgan fingerprint density at radius 1 is 1.38 bits per heavy atom. The Kier molecular flexibility index (Phi) is 4.72. The van der Waals surface area contributed by atoms with Crippen molar-refractivity contribution in [2.24, 2.45) is 7.05 Å². The molecule has 130 valence electrons. The third kappa shape index (κ3) is 3.43. The fraction of sp³-hybridized carbons (Fsp3) is 0.200. The van der Waals surface area contributed by atoms with E-state index in [-0.39, 0.29) is 11.6 Å². The van der Waals surface area contributed by atoms with Gasteiger partial charge in [0.1, 0.15) is 0 Å². The van der Waals surface area contributed by atoms with Gasteiger partial charge in [-0.3, -0.25) is 9.48 Å². The molecule has 0 bridgehead atoms. The molecule has 1 atom stereocenters. The van der Waals surface area contributed by atoms with Crippen LogP contribution in [-0.2, 0) is 7.05 Å². The molecule has 0 saturated carbocycles. The molecule has 0 amide bonds. The summed E-state index contributed by atoms with van der Waals surface area (Å²) in [5.74, 6) is 6.20. The summed E-state index contributed by atoms with van der Waals surface area (Å²) in [6.07, 6.45) is 3.55. The maximum absolute atomic E-state index is 13.0. The Bertz CT molecular complexity index is 1110. The number of nitrogens with zero attached hydrogens (tertiary/aromatic N) is 3. The molecule has 0 unspecified atom stereocenters. The number of allylic oxidation sites excluding steroid dienone is 1. The molecule has 0 radical (unpaired) electrons. The highest BCUT2D eigenvalue weighted by Crippen LogP contribution is 2.20. The number of rotatable bonds is 3. The summed E-state index contributed by atoms with van der Waals surface area (Å²) in [7, 11) is 3.64. The van der Waals surface area contributed by atoms with Crippen LogP contribution in [0.1, 0.15) is 36.7 Å². The molecule has 2 aromatic heterocycles. The van der Waals surface area contributed by atoms with E-state index in [1.54, 1.807) is 23.3 Å². The molecule has 0 aliphatic rings. The van der Waals surface area contributed by atoms with Crippen molar-refractivity contribution in [2.45, 2.75) is 19.9 Å². The van der Waals surface area contributed by atoms with Crippen LogP contribution in [0.15, 0.2) is 53.7 Å². The molecule has 3 aromatic rings. The van der Waals surface area contributed by atoms with E-state index in [2.05, 4.69) is 28.8 Å². The van der Waals surface area contributed by atoms with Gasteiger partial charge in [0.25, 0.3) is 0 Å². The largest absolute Gasteiger partial charge is 0.381 e. The first-order valence-electron chi connectivity index (χ1n) is 8.42. The standard InChI is InChI=1S/C20H21BN4O/c1-13(2)23-14(3)18-10-17-7-5-6-16(19(17)20(26)25(18)21)9-8-15-11-22-24(4)12-15/h5-7,10-12,14,23H,1,21H2,2-4H3/t14-/m0/s1. The fourth-order valence-corrected chi connectivity index (χ4v) is 3.06. The minimum absolute atomic E-state index is 0.0141. The van der Waals surface area contributed by atoms with Crippen LogP contribution in [0.2, 0.25) is 0 Å². The van der Waals surface area contributed by atoms with Crippen molar-refractivity contribution in [1.29, 1.82) is 0 Å². The second-order valence-electron chi connectivity index (χ2n) is 6.50. The Morgan fingerprint density at radius 3 is 2.81 bits per heavy atom. The predicted octanol–water partition coefficient (Wildman–Crippen LogP) is 1.72. The Labute approximate surface area is 153 Å². The van der Waals surface area contributed by atoms with Crippen molar-refractivity contribution in [1.82, 2.24) is 19.6 Å². The summed E-state index contributed by atoms with van der Waals surface area (Å²) in [5.41, 5.74) is 3.25. The minimum atomic E-state index is -0.0519. The summed E-state index contributed by atoms with van der Waals surface area (Å²) < 4.78 is 3.38. The lowest BCUT2D eigenvalue weighted by molar-refractivity contribution is 0.627. The summed E-state index contributed by atoms with van der Waals surface area (Å²) in [4.78, 5) is 13.0. The third-order valence-corrected chi connectivity index (χ3v) is 4.26. The van der Waals surface area contributed by atoms with Crippen molar-refractivity contribution in [3.63, 3.8) is 0 Å². The number of aromatic nitrogens is 3. The number of hydrogen-bond acceptors (Lipinski definition) is 3. The summed E-state index contributed by atoms with van der Waals surface area (Å²) in [6, 6.07) is 7.77. The lowest BCUT2D eigenvalue weighted by Crippen LogP contribution is -2.28. The maximum atomic E-state index is 13.0. The van der Waals surface area contributed by atoms with Gasteiger partial charge in [-0.05, 0) is 31.4 Å². The van der Waals surface area contributed by atoms with Crippen molar-refractivity contribution < 1.29 is 0 Å². The van der Waals surface area contributed by atoms with E-state index in [9.17, 15) is 4.79 Å². The van der Waals surface area contributed by atoms with Gasteiger partial charge in [-0.15, -0.1) is 0 Å². The molecule has 6 heteroatoms. The molecule has 1 N–H and O–H groups in total. The van der Waals surface area contributed by atoms with E-state index in [1.165, 1.54) is 0 Å². The molecular formula is C20H21BN4O. The smallest absolute Gasteiger partial charge is 0.247 e. The minimum Gasteiger partial charge on any atom is -0.381 e.